The molecule has 0 spiro atoms. The average Bonchev–Trinajstić information content (AvgIpc) is 3.26. The number of anilines is 1. The number of aliphatic carboxylic acids is 1. The van der Waals surface area contributed by atoms with Crippen LogP contribution in [-0.2, 0) is 9.53 Å². The molecule has 13 nitrogen and oxygen atoms in total. The molecule has 0 radical (unpaired) electrons. The summed E-state index contributed by atoms with van der Waals surface area (Å²) in [4.78, 5) is 23.3. The quantitative estimate of drug-likeness (QED) is 0.190. The van der Waals surface area contributed by atoms with Gasteiger partial charge in [0.05, 0.1) is 24.6 Å². The van der Waals surface area contributed by atoms with E-state index in [9.17, 15) is 20.1 Å². The highest BCUT2D eigenvalue weighted by Crippen LogP contribution is 2.33. The van der Waals surface area contributed by atoms with Gasteiger partial charge in [0.2, 0.25) is 0 Å². The first-order valence-electron chi connectivity index (χ1n) is 10.2. The molecule has 1 aliphatic heterocycles. The van der Waals surface area contributed by atoms with Crippen molar-refractivity contribution in [3.8, 4) is 0 Å². The zero-order valence-corrected chi connectivity index (χ0v) is 17.3. The molecule has 11 N–H and O–H groups in total. The third-order valence-corrected chi connectivity index (χ3v) is 5.58. The Morgan fingerprint density at radius 3 is 2.74 bits per heavy atom. The van der Waals surface area contributed by atoms with E-state index in [1.807, 2.05) is 5.32 Å². The molecule has 0 aliphatic carbocycles. The zero-order valence-electron chi connectivity index (χ0n) is 17.3. The molecule has 13 heteroatoms. The first kappa shape index (κ1) is 23.2. The number of fused-ring (bicyclic) bond motifs is 1. The number of rotatable bonds is 10. The minimum absolute atomic E-state index is 0.138. The van der Waals surface area contributed by atoms with Crippen molar-refractivity contribution in [2.45, 2.75) is 68.9 Å². The van der Waals surface area contributed by atoms with E-state index in [1.54, 1.807) is 6.92 Å². The molecule has 0 unspecified atom stereocenters. The van der Waals surface area contributed by atoms with E-state index in [2.05, 4.69) is 20.7 Å². The lowest BCUT2D eigenvalue weighted by Crippen LogP contribution is -2.92. The van der Waals surface area contributed by atoms with Crippen LogP contribution < -0.4 is 16.8 Å². The van der Waals surface area contributed by atoms with E-state index in [1.165, 1.54) is 17.2 Å². The van der Waals surface area contributed by atoms with Crippen LogP contribution in [0.3, 0.4) is 0 Å². The van der Waals surface area contributed by atoms with Crippen LogP contribution >= 0.6 is 0 Å². The monoisotopic (exact) mass is 441 g/mol. The maximum Gasteiger partial charge on any atom is 0.362 e. The fourth-order valence-electron chi connectivity index (χ4n) is 3.77. The van der Waals surface area contributed by atoms with Crippen molar-refractivity contribution < 1.29 is 41.0 Å². The number of aliphatic hydroxyl groups excluding tert-OH is 3. The molecule has 0 amide bonds. The molecule has 31 heavy (non-hydrogen) atoms. The third-order valence-electron chi connectivity index (χ3n) is 5.58. The fraction of sp³-hybridized carbons (Fsp3) is 0.667. The van der Waals surface area contributed by atoms with Gasteiger partial charge in [-0.3, -0.25) is 4.57 Å². The standard InChI is InChI=1S/C18H29N7O6/c1-8(26)5-21-9(2-3-10(19)18(29)30)4-11-13(27)14(28)17(31-11)25-7-24-12-15(20)22-6-23-16(12)25/h6-11,13-14,17,21,26-28H,2-5,19H2,1H3,(H,29,30)(H2,20,22,23)/p+2/t8-,9+,10-,11-,13-,14-,17-/m1/s1. The molecule has 2 aromatic heterocycles. The first-order chi connectivity index (χ1) is 14.7. The van der Waals surface area contributed by atoms with Crippen molar-refractivity contribution in [2.24, 2.45) is 0 Å². The highest BCUT2D eigenvalue weighted by Gasteiger charge is 2.45. The van der Waals surface area contributed by atoms with E-state index >= 15 is 0 Å². The van der Waals surface area contributed by atoms with Gasteiger partial charge in [0, 0.05) is 19.3 Å². The summed E-state index contributed by atoms with van der Waals surface area (Å²) < 4.78 is 7.48. The third kappa shape index (κ3) is 5.26. The highest BCUT2D eigenvalue weighted by atomic mass is 16.6. The molecule has 3 heterocycles. The summed E-state index contributed by atoms with van der Waals surface area (Å²) in [6, 6.07) is -0.890. The van der Waals surface area contributed by atoms with Gasteiger partial charge in [0.15, 0.2) is 23.7 Å². The summed E-state index contributed by atoms with van der Waals surface area (Å²) in [6.45, 7) is 2.07. The second-order valence-corrected chi connectivity index (χ2v) is 8.06. The van der Waals surface area contributed by atoms with Gasteiger partial charge in [-0.25, -0.2) is 19.7 Å². The van der Waals surface area contributed by atoms with Crippen molar-refractivity contribution >= 4 is 23.0 Å². The normalized spacial score (nSPS) is 26.7. The van der Waals surface area contributed by atoms with Gasteiger partial charge >= 0.3 is 5.97 Å². The second kappa shape index (κ2) is 9.80. The maximum atomic E-state index is 11.1. The Labute approximate surface area is 178 Å². The van der Waals surface area contributed by atoms with Crippen LogP contribution in [0.5, 0.6) is 0 Å². The Morgan fingerprint density at radius 1 is 1.32 bits per heavy atom. The van der Waals surface area contributed by atoms with Gasteiger partial charge < -0.3 is 41.9 Å². The molecule has 0 bridgehead atoms. The number of hydrogen-bond donors (Lipinski definition) is 7. The number of ether oxygens (including phenoxy) is 1. The van der Waals surface area contributed by atoms with Crippen LogP contribution in [0.25, 0.3) is 11.2 Å². The van der Waals surface area contributed by atoms with Crippen LogP contribution in [0.15, 0.2) is 12.7 Å². The number of nitrogen functional groups attached to an aromatic ring is 1. The van der Waals surface area contributed by atoms with Crippen molar-refractivity contribution in [3.63, 3.8) is 0 Å². The van der Waals surface area contributed by atoms with E-state index in [-0.39, 0.29) is 11.9 Å². The highest BCUT2D eigenvalue weighted by molar-refractivity contribution is 5.81. The van der Waals surface area contributed by atoms with Crippen molar-refractivity contribution in [1.82, 2.24) is 19.5 Å². The van der Waals surface area contributed by atoms with Crippen molar-refractivity contribution in [3.05, 3.63) is 12.7 Å². The Balaban J connectivity index is 1.72. The van der Waals surface area contributed by atoms with Gasteiger partial charge in [0.1, 0.15) is 30.6 Å². The van der Waals surface area contributed by atoms with Crippen LogP contribution in [-0.4, -0.2) is 89.0 Å². The number of hydrogen-bond acceptors (Lipinski definition) is 9. The number of imidazole rings is 1. The van der Waals surface area contributed by atoms with E-state index < -0.39 is 42.7 Å². The lowest BCUT2D eigenvalue weighted by atomic mass is 9.97. The summed E-state index contributed by atoms with van der Waals surface area (Å²) >= 11 is 0. The van der Waals surface area contributed by atoms with Crippen molar-refractivity contribution in [1.29, 1.82) is 0 Å². The molecule has 2 aromatic rings. The number of quaternary nitrogens is 2. The zero-order chi connectivity index (χ0) is 22.7. The van der Waals surface area contributed by atoms with Crippen molar-refractivity contribution in [2.75, 3.05) is 12.3 Å². The van der Waals surface area contributed by atoms with Crippen LogP contribution in [0.2, 0.25) is 0 Å². The molecule has 0 aromatic carbocycles. The molecule has 7 atom stereocenters. The SMILES string of the molecule is C[C@@H](O)C[NH2+][C@@H](CC[C@@H]([NH3+])C(=O)O)C[C@H]1O[C@@H](n2cnc3c(N)ncnc32)[C@H](O)[C@@H]1O. The smallest absolute Gasteiger partial charge is 0.362 e. The molecule has 1 aliphatic rings. The number of nitrogens with zero attached hydrogens (tertiary/aromatic N) is 4. The number of carboxylic acid groups (broad SMARTS) is 1. The molecule has 0 saturated carbocycles. The fourth-order valence-corrected chi connectivity index (χ4v) is 3.77. The van der Waals surface area contributed by atoms with Crippen LogP contribution in [0.1, 0.15) is 32.4 Å². The van der Waals surface area contributed by atoms with Gasteiger partial charge in [-0.15, -0.1) is 0 Å². The summed E-state index contributed by atoms with van der Waals surface area (Å²) in [5.41, 5.74) is 10.2. The maximum absolute atomic E-state index is 11.1. The van der Waals surface area contributed by atoms with Gasteiger partial charge in [-0.2, -0.15) is 0 Å². The first-order valence-corrected chi connectivity index (χ1v) is 10.2. The van der Waals surface area contributed by atoms with Gasteiger partial charge in [0.25, 0.3) is 0 Å². The largest absolute Gasteiger partial charge is 0.477 e. The number of aromatic nitrogens is 4. The van der Waals surface area contributed by atoms with Gasteiger partial charge in [-0.1, -0.05) is 0 Å². The average molecular weight is 441 g/mol. The second-order valence-electron chi connectivity index (χ2n) is 8.06. The van der Waals surface area contributed by atoms with E-state index in [4.69, 9.17) is 15.6 Å². The van der Waals surface area contributed by atoms with E-state index in [0.717, 1.165) is 0 Å². The predicted molar refractivity (Wildman–Crippen MR) is 106 cm³/mol. The minimum Gasteiger partial charge on any atom is -0.477 e. The molecular formula is C18H31N7O6+2. The summed E-state index contributed by atoms with van der Waals surface area (Å²) in [5.74, 6) is -0.780. The minimum atomic E-state index is -1.23. The topological polar surface area (TPSA) is 221 Å². The summed E-state index contributed by atoms with van der Waals surface area (Å²) in [6.07, 6.45) is -0.679. The lowest BCUT2D eigenvalue weighted by Gasteiger charge is -2.22. The number of carboxylic acids is 1. The number of carbonyl (C=O) groups is 1. The Morgan fingerprint density at radius 2 is 2.06 bits per heavy atom. The van der Waals surface area contributed by atoms with Crippen LogP contribution in [0, 0.1) is 0 Å². The summed E-state index contributed by atoms with van der Waals surface area (Å²) in [5, 5.41) is 41.8. The molecule has 172 valence electrons. The lowest BCUT2D eigenvalue weighted by molar-refractivity contribution is -0.697. The Kier molecular flexibility index (Phi) is 7.35. The van der Waals surface area contributed by atoms with Crippen LogP contribution in [0.4, 0.5) is 5.82 Å². The molecule has 1 saturated heterocycles. The molecule has 1 fully saturated rings. The summed E-state index contributed by atoms with van der Waals surface area (Å²) in [7, 11) is 0. The Hall–Kier alpha value is -2.42. The molecule has 3 rings (SSSR count). The Bertz CT molecular complexity index is 893. The molecular weight excluding hydrogens is 410 g/mol. The number of aliphatic hydroxyl groups is 3. The van der Waals surface area contributed by atoms with Gasteiger partial charge in [-0.05, 0) is 6.92 Å². The predicted octanol–water partition coefficient (Wildman–Crippen LogP) is -3.79. The number of nitrogens with two attached hydrogens (primary N) is 2. The van der Waals surface area contributed by atoms with E-state index in [0.29, 0.717) is 37.0 Å².